The molecule has 0 aromatic heterocycles. The molecule has 0 saturated carbocycles. The number of ether oxygens (including phenoxy) is 2. The second-order valence-corrected chi connectivity index (χ2v) is 6.75. The highest BCUT2D eigenvalue weighted by atomic mass is 16.5. The smallest absolute Gasteiger partial charge is 0.319 e. The van der Waals surface area contributed by atoms with Gasteiger partial charge in [-0.3, -0.25) is 4.90 Å². The van der Waals surface area contributed by atoms with Crippen LogP contribution in [0.25, 0.3) is 0 Å². The highest BCUT2D eigenvalue weighted by Crippen LogP contribution is 2.24. The van der Waals surface area contributed by atoms with E-state index in [0.717, 1.165) is 25.2 Å². The summed E-state index contributed by atoms with van der Waals surface area (Å²) in [5, 5.41) is 5.75. The molecular formula is C21H27N3O3. The molecule has 2 aromatic rings. The fourth-order valence-corrected chi connectivity index (χ4v) is 3.18. The molecule has 1 fully saturated rings. The first-order valence-corrected chi connectivity index (χ1v) is 9.21. The number of urea groups is 1. The van der Waals surface area contributed by atoms with Crippen molar-refractivity contribution in [3.05, 3.63) is 59.7 Å². The summed E-state index contributed by atoms with van der Waals surface area (Å²) in [5.41, 5.74) is 3.00. The van der Waals surface area contributed by atoms with Gasteiger partial charge >= 0.3 is 6.03 Å². The van der Waals surface area contributed by atoms with E-state index in [1.165, 1.54) is 5.56 Å². The molecule has 1 aliphatic heterocycles. The third kappa shape index (κ3) is 5.70. The first-order chi connectivity index (χ1) is 13.1. The Kier molecular flexibility index (Phi) is 6.68. The van der Waals surface area contributed by atoms with Gasteiger partial charge in [0, 0.05) is 26.2 Å². The molecule has 1 heterocycles. The van der Waals surface area contributed by atoms with Crippen LogP contribution in [0.2, 0.25) is 0 Å². The van der Waals surface area contributed by atoms with Crippen LogP contribution < -0.4 is 15.4 Å². The van der Waals surface area contributed by atoms with Gasteiger partial charge < -0.3 is 20.1 Å². The molecular weight excluding hydrogens is 342 g/mol. The van der Waals surface area contributed by atoms with Crippen molar-refractivity contribution >= 4 is 11.7 Å². The molecule has 1 aliphatic rings. The number of nitrogens with one attached hydrogen (secondary N) is 2. The fourth-order valence-electron chi connectivity index (χ4n) is 3.18. The van der Waals surface area contributed by atoms with E-state index in [9.17, 15) is 4.79 Å². The first-order valence-electron chi connectivity index (χ1n) is 9.21. The van der Waals surface area contributed by atoms with Gasteiger partial charge in [0.2, 0.25) is 0 Å². The molecule has 0 radical (unpaired) electrons. The van der Waals surface area contributed by atoms with E-state index in [2.05, 4.69) is 39.8 Å². The van der Waals surface area contributed by atoms with Crippen LogP contribution in [0.3, 0.4) is 0 Å². The monoisotopic (exact) mass is 369 g/mol. The number of hydrogen-bond acceptors (Lipinski definition) is 4. The van der Waals surface area contributed by atoms with Gasteiger partial charge in [0.15, 0.2) is 0 Å². The largest absolute Gasteiger partial charge is 0.495 e. The van der Waals surface area contributed by atoms with Gasteiger partial charge in [0.1, 0.15) is 5.75 Å². The minimum Gasteiger partial charge on any atom is -0.495 e. The van der Waals surface area contributed by atoms with E-state index in [-0.39, 0.29) is 12.1 Å². The number of aryl methyl sites for hydroxylation is 1. The molecule has 1 unspecified atom stereocenters. The molecule has 2 N–H and O–H groups in total. The van der Waals surface area contributed by atoms with Crippen LogP contribution in [0.5, 0.6) is 5.75 Å². The van der Waals surface area contributed by atoms with Gasteiger partial charge in [0.25, 0.3) is 0 Å². The third-order valence-corrected chi connectivity index (χ3v) is 4.57. The second kappa shape index (κ2) is 9.39. The Morgan fingerprint density at radius 1 is 1.26 bits per heavy atom. The van der Waals surface area contributed by atoms with Crippen molar-refractivity contribution in [3.63, 3.8) is 0 Å². The van der Waals surface area contributed by atoms with Crippen molar-refractivity contribution in [2.75, 3.05) is 38.7 Å². The van der Waals surface area contributed by atoms with Crippen LogP contribution in [0.1, 0.15) is 11.1 Å². The number of nitrogens with zero attached hydrogens (tertiary/aromatic N) is 1. The summed E-state index contributed by atoms with van der Waals surface area (Å²) < 4.78 is 11.1. The summed E-state index contributed by atoms with van der Waals surface area (Å²) in [6, 6.07) is 15.8. The SMILES string of the molecule is COc1ccc(C)cc1NC(=O)NCC1CN(Cc2ccccc2)CCO1. The van der Waals surface area contributed by atoms with E-state index >= 15 is 0 Å². The molecule has 1 saturated heterocycles. The zero-order valence-electron chi connectivity index (χ0n) is 15.9. The van der Waals surface area contributed by atoms with Gasteiger partial charge in [-0.25, -0.2) is 4.79 Å². The molecule has 0 bridgehead atoms. The van der Waals surface area contributed by atoms with Crippen LogP contribution in [0.15, 0.2) is 48.5 Å². The maximum atomic E-state index is 12.3. The molecule has 27 heavy (non-hydrogen) atoms. The van der Waals surface area contributed by atoms with Crippen molar-refractivity contribution in [1.29, 1.82) is 0 Å². The highest BCUT2D eigenvalue weighted by Gasteiger charge is 2.21. The van der Waals surface area contributed by atoms with Crippen LogP contribution in [-0.2, 0) is 11.3 Å². The highest BCUT2D eigenvalue weighted by molar-refractivity contribution is 5.91. The standard InChI is InChI=1S/C21H27N3O3/c1-16-8-9-20(26-2)19(12-16)23-21(25)22-13-18-15-24(10-11-27-18)14-17-6-4-3-5-7-17/h3-9,12,18H,10-11,13-15H2,1-2H3,(H2,22,23,25). The summed E-state index contributed by atoms with van der Waals surface area (Å²) in [4.78, 5) is 14.6. The van der Waals surface area contributed by atoms with E-state index in [1.54, 1.807) is 7.11 Å². The number of anilines is 1. The van der Waals surface area contributed by atoms with Gasteiger partial charge in [0.05, 0.1) is 25.5 Å². The van der Waals surface area contributed by atoms with Crippen molar-refractivity contribution in [3.8, 4) is 5.75 Å². The Bertz CT molecular complexity index is 752. The lowest BCUT2D eigenvalue weighted by molar-refractivity contribution is -0.0285. The molecule has 1 atom stereocenters. The Labute approximate surface area is 160 Å². The van der Waals surface area contributed by atoms with E-state index in [4.69, 9.17) is 9.47 Å². The summed E-state index contributed by atoms with van der Waals surface area (Å²) >= 11 is 0. The predicted octanol–water partition coefficient (Wildman–Crippen LogP) is 3.03. The minimum absolute atomic E-state index is 0.0207. The first kappa shape index (κ1) is 19.2. The van der Waals surface area contributed by atoms with Gasteiger partial charge in [-0.15, -0.1) is 0 Å². The van der Waals surface area contributed by atoms with Crippen LogP contribution in [0.4, 0.5) is 10.5 Å². The lowest BCUT2D eigenvalue weighted by atomic mass is 10.2. The van der Waals surface area contributed by atoms with E-state index < -0.39 is 0 Å². The summed E-state index contributed by atoms with van der Waals surface area (Å²) in [5.74, 6) is 0.638. The number of hydrogen-bond donors (Lipinski definition) is 2. The van der Waals surface area contributed by atoms with Crippen molar-refractivity contribution in [2.45, 2.75) is 19.6 Å². The fraction of sp³-hybridized carbons (Fsp3) is 0.381. The molecule has 2 amide bonds. The van der Waals surface area contributed by atoms with Crippen LogP contribution >= 0.6 is 0 Å². The third-order valence-electron chi connectivity index (χ3n) is 4.57. The second-order valence-electron chi connectivity index (χ2n) is 6.75. The maximum Gasteiger partial charge on any atom is 0.319 e. The van der Waals surface area contributed by atoms with Crippen molar-refractivity contribution in [1.82, 2.24) is 10.2 Å². The van der Waals surface area contributed by atoms with Gasteiger partial charge in [-0.2, -0.15) is 0 Å². The topological polar surface area (TPSA) is 62.8 Å². The molecule has 144 valence electrons. The number of amides is 2. The summed E-state index contributed by atoms with van der Waals surface area (Å²) in [6.07, 6.45) is -0.0207. The Morgan fingerprint density at radius 3 is 2.85 bits per heavy atom. The average Bonchev–Trinajstić information content (AvgIpc) is 2.68. The van der Waals surface area contributed by atoms with Crippen LogP contribution in [0, 0.1) is 6.92 Å². The lowest BCUT2D eigenvalue weighted by Gasteiger charge is -2.33. The molecule has 3 rings (SSSR count). The Balaban J connectivity index is 1.48. The summed E-state index contributed by atoms with van der Waals surface area (Å²) in [6.45, 7) is 5.70. The molecule has 2 aromatic carbocycles. The zero-order chi connectivity index (χ0) is 19.1. The zero-order valence-corrected chi connectivity index (χ0v) is 15.9. The van der Waals surface area contributed by atoms with E-state index in [1.807, 2.05) is 31.2 Å². The van der Waals surface area contributed by atoms with Gasteiger partial charge in [-0.05, 0) is 30.2 Å². The predicted molar refractivity (Wildman–Crippen MR) is 106 cm³/mol. The molecule has 6 heteroatoms. The van der Waals surface area contributed by atoms with E-state index in [0.29, 0.717) is 24.6 Å². The number of carbonyl (C=O) groups is 1. The average molecular weight is 369 g/mol. The number of rotatable bonds is 6. The quantitative estimate of drug-likeness (QED) is 0.822. The lowest BCUT2D eigenvalue weighted by Crippen LogP contribution is -2.47. The van der Waals surface area contributed by atoms with Crippen molar-refractivity contribution in [2.24, 2.45) is 0 Å². The maximum absolute atomic E-state index is 12.3. The van der Waals surface area contributed by atoms with Gasteiger partial charge in [-0.1, -0.05) is 36.4 Å². The number of methoxy groups -OCH3 is 1. The summed E-state index contributed by atoms with van der Waals surface area (Å²) in [7, 11) is 1.59. The minimum atomic E-state index is -0.261. The Hall–Kier alpha value is -2.57. The number of morpholine rings is 1. The van der Waals surface area contributed by atoms with Crippen LogP contribution in [-0.4, -0.2) is 50.4 Å². The number of benzene rings is 2. The normalized spacial score (nSPS) is 17.3. The molecule has 0 spiro atoms. The molecule has 6 nitrogen and oxygen atoms in total. The Morgan fingerprint density at radius 2 is 2.07 bits per heavy atom. The number of carbonyl (C=O) groups excluding carboxylic acids is 1. The molecule has 0 aliphatic carbocycles. The van der Waals surface area contributed by atoms with Crippen molar-refractivity contribution < 1.29 is 14.3 Å².